The number of ether oxygens (including phenoxy) is 7. The highest BCUT2D eigenvalue weighted by Gasteiger charge is 2.52. The molecule has 1 aromatic heterocycles. The number of rotatable bonds is 22. The van der Waals surface area contributed by atoms with Gasteiger partial charge in [0.25, 0.3) is 5.91 Å². The number of phenolic OH excluding ortho intramolecular Hbond substituents is 3. The number of hydrogen-bond donors (Lipinski definition) is 22. The van der Waals surface area contributed by atoms with Crippen LogP contribution >= 0.6 is 23.2 Å². The molecule has 0 saturated carbocycles. The highest BCUT2D eigenvalue weighted by molar-refractivity contribution is 6.32. The molecule has 18 atom stereocenters. The first kappa shape index (κ1) is 94.3. The van der Waals surface area contributed by atoms with Gasteiger partial charge in [-0.3, -0.25) is 53.1 Å². The van der Waals surface area contributed by atoms with E-state index in [-0.39, 0.29) is 48.8 Å². The van der Waals surface area contributed by atoms with E-state index < -0.39 is 271 Å². The number of carbonyl (C=O) groups excluding carboxylic acids is 10. The second-order valence-electron chi connectivity index (χ2n) is 31.3. The van der Waals surface area contributed by atoms with Crippen molar-refractivity contribution in [3.8, 4) is 62.9 Å². The van der Waals surface area contributed by atoms with Gasteiger partial charge in [0.15, 0.2) is 23.9 Å². The minimum atomic E-state index is -2.42. The molecule has 42 nitrogen and oxygen atoms in total. The normalized spacial score (nSPS) is 25.6. The number of anilines is 1. The van der Waals surface area contributed by atoms with E-state index in [1.54, 1.807) is 51.1 Å². The predicted octanol–water partition coefficient (Wildman–Crippen LogP) is 0.660. The van der Waals surface area contributed by atoms with E-state index in [1.807, 2.05) is 17.8 Å². The van der Waals surface area contributed by atoms with Crippen molar-refractivity contribution in [1.82, 2.24) is 62.9 Å². The second kappa shape index (κ2) is 40.4. The van der Waals surface area contributed by atoms with E-state index in [0.29, 0.717) is 17.9 Å². The topological polar surface area (TPSA) is 637 Å². The van der Waals surface area contributed by atoms with Gasteiger partial charge in [0.1, 0.15) is 107 Å². The Hall–Kier alpha value is -12.8. The van der Waals surface area contributed by atoms with Gasteiger partial charge in [0.2, 0.25) is 59.3 Å². The molecule has 16 unspecified atom stereocenters. The average molecular weight is 1820 g/mol. The molecule has 8 heterocycles. The SMILES string of the molecule is CCOc1ccc(/C=C/C(=O)Nc2ccn(CCN[C@]3(C)CC(OC4C(Oc5c6cc7cc5Oc5ccc(cc5Cl)C(O)C5NC(=O)C(NC(=O)C7NC(=O)C(CC(N)=O)NC(=O)C(NC(=O)C(CC(C)C)NC)C(O)c7ccc(c(Cl)c7)O6)c6ccc(O)c(c6)-c6c(O)cc(O)cc6[C@H](C(=O)NNC(N)=O)NC5=O)OC(CO)C(O)C4O)OC(C)C3O)c(=O)n2)cc1. The lowest BCUT2D eigenvalue weighted by molar-refractivity contribution is -0.334. The van der Waals surface area contributed by atoms with Crippen LogP contribution in [0.1, 0.15) is 118 Å². The molecule has 24 N–H and O–H groups in total. The Kier molecular flexibility index (Phi) is 29.8. The third-order valence-corrected chi connectivity index (χ3v) is 22.3. The number of aliphatic hydroxyl groups excluding tert-OH is 6. The van der Waals surface area contributed by atoms with Crippen molar-refractivity contribution >= 4 is 94.3 Å². The van der Waals surface area contributed by atoms with Crippen LogP contribution in [0.15, 0.2) is 126 Å². The number of primary amides is 2. The molecule has 11 bridgehead atoms. The predicted molar refractivity (Wildman–Crippen MR) is 450 cm³/mol. The number of hydrazine groups is 1. The Bertz CT molecular complexity index is 5500. The van der Waals surface area contributed by atoms with Crippen molar-refractivity contribution in [2.24, 2.45) is 17.4 Å². The van der Waals surface area contributed by atoms with Crippen LogP contribution in [0.2, 0.25) is 10.0 Å². The molecule has 128 heavy (non-hydrogen) atoms. The maximum Gasteiger partial charge on any atom is 0.349 e. The lowest BCUT2D eigenvalue weighted by Crippen LogP contribution is -2.65. The maximum absolute atomic E-state index is 16.3. The van der Waals surface area contributed by atoms with E-state index in [9.17, 15) is 74.7 Å². The summed E-state index contributed by atoms with van der Waals surface area (Å²) >= 11 is 14.3. The Balaban J connectivity index is 0.986. The summed E-state index contributed by atoms with van der Waals surface area (Å²) < 4.78 is 46.1. The quantitative estimate of drug-likeness (QED) is 0.0327. The summed E-state index contributed by atoms with van der Waals surface area (Å²) in [5.41, 5.74) is 10.4. The zero-order valence-corrected chi connectivity index (χ0v) is 70.7. The number of halogens is 2. The number of phenols is 3. The van der Waals surface area contributed by atoms with E-state index in [2.05, 4.69) is 52.8 Å². The van der Waals surface area contributed by atoms with Crippen molar-refractivity contribution in [2.45, 2.75) is 170 Å². The van der Waals surface area contributed by atoms with Gasteiger partial charge in [-0.25, -0.2) is 15.0 Å². The second-order valence-corrected chi connectivity index (χ2v) is 32.1. The molecule has 7 aliphatic heterocycles. The standard InChI is InChI=1S/C84H95Cl2N15O27/c1-7-122-43-14-8-37(9-15-43)10-19-59(107)92-58-20-22-101(83(121)93-58)23-21-90-84(5)33-60(123-36(4)73(84)112)127-72-70(111)69(110)56(34-102)126-81(72)128-71-54-28-41-29-55(71)125-53-18-13-40(27-47(53)86)68(109)66-79(118)96-64(80(119)99-100-82(88)120)45-30-42(103)31-51(105)61(45)44-25-38(11-16-50(44)104)62(76(115)98-66)95-77(116)63(41)94-75(114)49(32-57(87)106)91-78(117)65(97-74(113)48(89-6)24-35(2)3)67(108)39-12-17-52(124-54)46(85)26-39/h8-20,22,25-31,35-36,48-49,56,60,62-70,72-73,81,89-90,102-105,108-112H,7,21,23-24,32-34H2,1-6H3,(H2,87,106)(H,91,117)(H,94,114)(H,95,116)(H,96,118)(H,97,113)(H,98,115)(H,99,119)(H3,88,100,120)(H,92,93,107,121)/b19-10+/t36?,48?,49?,56?,60?,62?,63?,64-,65?,66?,67?,68?,69?,70?,72?,73?,81?,84-/m1/s1. The molecular formula is C84H95Cl2N15O27. The van der Waals surface area contributed by atoms with Crippen LogP contribution in [-0.4, -0.2) is 220 Å². The van der Waals surface area contributed by atoms with E-state index in [4.69, 9.17) is 67.8 Å². The van der Waals surface area contributed by atoms with Gasteiger partial charge in [-0.15, -0.1) is 0 Å². The maximum atomic E-state index is 16.3. The molecule has 0 aliphatic carbocycles. The van der Waals surface area contributed by atoms with Crippen LogP contribution in [0.25, 0.3) is 17.2 Å². The molecular weight excluding hydrogens is 1720 g/mol. The average Bonchev–Trinajstić information content (AvgIpc) is 0.761. The number of urea groups is 1. The van der Waals surface area contributed by atoms with Crippen LogP contribution in [0.4, 0.5) is 10.6 Å². The molecule has 6 aromatic carbocycles. The van der Waals surface area contributed by atoms with E-state index in [1.165, 1.54) is 49.0 Å². The number of fused-ring (bicyclic) bond motifs is 15. The lowest BCUT2D eigenvalue weighted by atomic mass is 9.85. The zero-order valence-electron chi connectivity index (χ0n) is 69.1. The number of nitrogens with two attached hydrogens (primary N) is 2. The number of hydrogen-bond acceptors (Lipinski definition) is 30. The molecule has 44 heteroatoms. The van der Waals surface area contributed by atoms with Crippen molar-refractivity contribution in [1.29, 1.82) is 0 Å². The van der Waals surface area contributed by atoms with Gasteiger partial charge >= 0.3 is 11.7 Å². The summed E-state index contributed by atoms with van der Waals surface area (Å²) in [5, 5.41) is 129. The summed E-state index contributed by atoms with van der Waals surface area (Å²) in [6.45, 7) is 7.88. The van der Waals surface area contributed by atoms with Gasteiger partial charge in [0.05, 0.1) is 47.9 Å². The minimum Gasteiger partial charge on any atom is -0.508 e. The van der Waals surface area contributed by atoms with Gasteiger partial charge in [-0.2, -0.15) is 4.98 Å². The number of aliphatic hydroxyl groups is 6. The molecule has 11 amide bonds. The van der Waals surface area contributed by atoms with Crippen LogP contribution < -0.4 is 94.8 Å². The molecule has 0 spiro atoms. The Morgan fingerprint density at radius 2 is 1.37 bits per heavy atom. The smallest absolute Gasteiger partial charge is 0.349 e. The van der Waals surface area contributed by atoms with Gasteiger partial charge < -0.3 is 138 Å². The van der Waals surface area contributed by atoms with Gasteiger partial charge in [-0.1, -0.05) is 67.4 Å². The van der Waals surface area contributed by atoms with E-state index >= 15 is 24.0 Å². The Morgan fingerprint density at radius 3 is 1.99 bits per heavy atom. The first-order valence-electron chi connectivity index (χ1n) is 40.2. The summed E-state index contributed by atoms with van der Waals surface area (Å²) in [6.07, 6.45) is -15.5. The summed E-state index contributed by atoms with van der Waals surface area (Å²) in [4.78, 5) is 162. The summed E-state index contributed by atoms with van der Waals surface area (Å²) in [7, 11) is 1.46. The summed E-state index contributed by atoms with van der Waals surface area (Å²) in [5.74, 6) is -16.2. The van der Waals surface area contributed by atoms with Crippen molar-refractivity contribution in [2.75, 3.05) is 32.1 Å². The summed E-state index contributed by atoms with van der Waals surface area (Å²) in [6, 6.07) is 5.87. The van der Waals surface area contributed by atoms with Gasteiger partial charge in [0, 0.05) is 54.5 Å². The largest absolute Gasteiger partial charge is 0.508 e. The van der Waals surface area contributed by atoms with Crippen LogP contribution in [0.3, 0.4) is 0 Å². The third kappa shape index (κ3) is 21.7. The molecule has 2 saturated heterocycles. The molecule has 0 radical (unpaired) electrons. The fourth-order valence-electron chi connectivity index (χ4n) is 15.2. The zero-order chi connectivity index (χ0) is 92.6. The number of aromatic hydroxyl groups is 3. The van der Waals surface area contributed by atoms with E-state index in [0.717, 1.165) is 66.7 Å². The Morgan fingerprint density at radius 1 is 0.719 bits per heavy atom. The first-order valence-corrected chi connectivity index (χ1v) is 40.9. The molecule has 2 fully saturated rings. The molecule has 14 rings (SSSR count). The van der Waals surface area contributed by atoms with Crippen LogP contribution in [0.5, 0.6) is 51.7 Å². The van der Waals surface area contributed by atoms with Crippen molar-refractivity contribution in [3.05, 3.63) is 175 Å². The fraction of sp³-hybridized carbons (Fsp3) is 0.381. The molecule has 682 valence electrons. The number of nitrogens with zero attached hydrogens (tertiary/aromatic N) is 2. The number of aromatic nitrogens is 2. The number of likely N-dealkylation sites (N-methyl/N-ethyl adjacent to an activating group) is 1. The lowest BCUT2D eigenvalue weighted by Gasteiger charge is -2.48. The van der Waals surface area contributed by atoms with Crippen molar-refractivity contribution < 1.29 is 127 Å². The Labute approximate surface area is 738 Å². The highest BCUT2D eigenvalue weighted by atomic mass is 35.5. The monoisotopic (exact) mass is 1820 g/mol. The fourth-order valence-corrected chi connectivity index (χ4v) is 15.6. The van der Waals surface area contributed by atoms with Gasteiger partial charge in [-0.05, 0) is 152 Å². The number of carbonyl (C=O) groups is 10. The molecule has 7 aromatic rings. The minimum absolute atomic E-state index is 0.0418. The third-order valence-electron chi connectivity index (χ3n) is 21.7. The van der Waals surface area contributed by atoms with Crippen molar-refractivity contribution in [3.63, 3.8) is 0 Å². The highest BCUT2D eigenvalue weighted by Crippen LogP contribution is 2.50. The number of amides is 11. The first-order chi connectivity index (χ1) is 60.8. The number of nitrogens with one attached hydrogen (secondary N) is 11. The van der Waals surface area contributed by atoms with Crippen LogP contribution in [-0.2, 0) is 63.9 Å². The number of benzene rings is 6. The molecule has 7 aliphatic rings. The van der Waals surface area contributed by atoms with Crippen LogP contribution in [0, 0.1) is 5.92 Å².